The third-order valence-corrected chi connectivity index (χ3v) is 3.88. The summed E-state index contributed by atoms with van der Waals surface area (Å²) in [6, 6.07) is 5.39. The highest BCUT2D eigenvalue weighted by molar-refractivity contribution is 7.12. The van der Waals surface area contributed by atoms with E-state index >= 15 is 0 Å². The van der Waals surface area contributed by atoms with Crippen LogP contribution in [-0.4, -0.2) is 24.0 Å². The van der Waals surface area contributed by atoms with E-state index < -0.39 is 0 Å². The van der Waals surface area contributed by atoms with E-state index in [0.717, 1.165) is 0 Å². The highest BCUT2D eigenvalue weighted by atomic mass is 32.1. The summed E-state index contributed by atoms with van der Waals surface area (Å²) in [5.41, 5.74) is 6.08. The predicted molar refractivity (Wildman–Crippen MR) is 68.3 cm³/mol. The molecule has 0 fully saturated rings. The first-order chi connectivity index (χ1) is 6.93. The topological polar surface area (TPSA) is 29.3 Å². The molecule has 0 bridgehead atoms. The van der Waals surface area contributed by atoms with Gasteiger partial charge in [0.15, 0.2) is 0 Å². The van der Waals surface area contributed by atoms with Gasteiger partial charge < -0.3 is 5.73 Å². The van der Waals surface area contributed by atoms with Crippen molar-refractivity contribution in [3.05, 3.63) is 21.9 Å². The second-order valence-electron chi connectivity index (χ2n) is 4.51. The number of aryl methyl sites for hydroxylation is 1. The van der Waals surface area contributed by atoms with Gasteiger partial charge in [-0.15, -0.1) is 11.3 Å². The highest BCUT2D eigenvalue weighted by Crippen LogP contribution is 2.29. The first-order valence-electron chi connectivity index (χ1n) is 5.47. The molecule has 2 unspecified atom stereocenters. The van der Waals surface area contributed by atoms with Crippen LogP contribution in [0.2, 0.25) is 0 Å². The minimum atomic E-state index is 0.162. The Hall–Kier alpha value is -0.380. The van der Waals surface area contributed by atoms with Crippen LogP contribution in [0.3, 0.4) is 0 Å². The number of nitrogens with two attached hydrogens (primary N) is 1. The fourth-order valence-corrected chi connectivity index (χ4v) is 2.91. The Morgan fingerprint density at radius 1 is 1.27 bits per heavy atom. The number of rotatable bonds is 4. The molecule has 0 spiro atoms. The van der Waals surface area contributed by atoms with Crippen LogP contribution in [0.25, 0.3) is 0 Å². The molecule has 0 amide bonds. The summed E-state index contributed by atoms with van der Waals surface area (Å²) >= 11 is 1.85. The lowest BCUT2D eigenvalue weighted by molar-refractivity contribution is 0.178. The third-order valence-electron chi connectivity index (χ3n) is 2.80. The zero-order valence-electron chi connectivity index (χ0n) is 10.3. The van der Waals surface area contributed by atoms with Crippen LogP contribution in [0.5, 0.6) is 0 Å². The number of thiophene rings is 1. The van der Waals surface area contributed by atoms with Gasteiger partial charge in [-0.05, 0) is 46.9 Å². The smallest absolute Gasteiger partial charge is 0.0590 e. The van der Waals surface area contributed by atoms with Gasteiger partial charge in [-0.2, -0.15) is 0 Å². The van der Waals surface area contributed by atoms with Crippen LogP contribution >= 0.6 is 11.3 Å². The molecule has 86 valence electrons. The molecule has 0 saturated heterocycles. The zero-order valence-corrected chi connectivity index (χ0v) is 11.1. The average molecular weight is 226 g/mol. The van der Waals surface area contributed by atoms with Crippen LogP contribution < -0.4 is 5.73 Å². The number of hydrogen-bond donors (Lipinski definition) is 1. The van der Waals surface area contributed by atoms with E-state index in [1.165, 1.54) is 9.75 Å². The maximum absolute atomic E-state index is 6.08. The zero-order chi connectivity index (χ0) is 11.6. The second-order valence-corrected chi connectivity index (χ2v) is 5.83. The summed E-state index contributed by atoms with van der Waals surface area (Å²) in [6.07, 6.45) is 0. The Morgan fingerprint density at radius 2 is 1.87 bits per heavy atom. The van der Waals surface area contributed by atoms with E-state index in [4.69, 9.17) is 5.73 Å². The Kier molecular flexibility index (Phi) is 4.32. The van der Waals surface area contributed by atoms with Crippen LogP contribution in [0.15, 0.2) is 12.1 Å². The number of nitrogens with zero attached hydrogens (tertiary/aromatic N) is 1. The number of hydrogen-bond acceptors (Lipinski definition) is 3. The molecule has 0 aliphatic heterocycles. The second kappa shape index (κ2) is 5.10. The molecule has 3 heteroatoms. The van der Waals surface area contributed by atoms with Crippen LogP contribution in [0, 0.1) is 6.92 Å². The fraction of sp³-hybridized carbons (Fsp3) is 0.667. The predicted octanol–water partition coefficient (Wildman–Crippen LogP) is 2.79. The quantitative estimate of drug-likeness (QED) is 0.855. The summed E-state index contributed by atoms with van der Waals surface area (Å²) in [6.45, 7) is 8.63. The van der Waals surface area contributed by atoms with Crippen molar-refractivity contribution >= 4 is 11.3 Å². The summed E-state index contributed by atoms with van der Waals surface area (Å²) in [4.78, 5) is 5.07. The SMILES string of the molecule is Cc1ccc(C(C(C)N)N(C)C(C)C)s1. The first kappa shape index (κ1) is 12.7. The molecule has 1 heterocycles. The van der Waals surface area contributed by atoms with E-state index in [-0.39, 0.29) is 6.04 Å². The normalized spacial score (nSPS) is 16.0. The molecule has 0 radical (unpaired) electrons. The monoisotopic (exact) mass is 226 g/mol. The van der Waals surface area contributed by atoms with Gasteiger partial charge >= 0.3 is 0 Å². The van der Waals surface area contributed by atoms with Crippen LogP contribution in [-0.2, 0) is 0 Å². The van der Waals surface area contributed by atoms with Crippen LogP contribution in [0.4, 0.5) is 0 Å². The molecular weight excluding hydrogens is 204 g/mol. The van der Waals surface area contributed by atoms with Crippen molar-refractivity contribution in [2.45, 2.75) is 45.8 Å². The molecule has 2 N–H and O–H groups in total. The van der Waals surface area contributed by atoms with Gasteiger partial charge in [0.1, 0.15) is 0 Å². The summed E-state index contributed by atoms with van der Waals surface area (Å²) in [5, 5.41) is 0. The van der Waals surface area contributed by atoms with E-state index in [2.05, 4.69) is 51.8 Å². The van der Waals surface area contributed by atoms with Crippen molar-refractivity contribution in [2.24, 2.45) is 5.73 Å². The van der Waals surface area contributed by atoms with E-state index in [1.807, 2.05) is 11.3 Å². The largest absolute Gasteiger partial charge is 0.326 e. The van der Waals surface area contributed by atoms with Crippen molar-refractivity contribution < 1.29 is 0 Å². The fourth-order valence-electron chi connectivity index (χ4n) is 1.76. The van der Waals surface area contributed by atoms with E-state index in [1.54, 1.807) is 0 Å². The Bertz CT molecular complexity index is 304. The lowest BCUT2D eigenvalue weighted by Gasteiger charge is -2.33. The molecule has 15 heavy (non-hydrogen) atoms. The summed E-state index contributed by atoms with van der Waals surface area (Å²) in [5.74, 6) is 0. The molecule has 1 rings (SSSR count). The minimum absolute atomic E-state index is 0.162. The Morgan fingerprint density at radius 3 is 2.20 bits per heavy atom. The van der Waals surface area contributed by atoms with E-state index in [0.29, 0.717) is 12.1 Å². The molecule has 1 aromatic heterocycles. The van der Waals surface area contributed by atoms with Gasteiger partial charge in [-0.1, -0.05) is 0 Å². The molecule has 2 atom stereocenters. The average Bonchev–Trinajstić information content (AvgIpc) is 2.51. The molecular formula is C12H22N2S. The van der Waals surface area contributed by atoms with E-state index in [9.17, 15) is 0 Å². The van der Waals surface area contributed by atoms with Gasteiger partial charge in [-0.3, -0.25) is 4.90 Å². The van der Waals surface area contributed by atoms with Crippen molar-refractivity contribution in [1.82, 2.24) is 4.90 Å². The van der Waals surface area contributed by atoms with Gasteiger partial charge in [0.25, 0.3) is 0 Å². The minimum Gasteiger partial charge on any atom is -0.326 e. The van der Waals surface area contributed by atoms with Crippen molar-refractivity contribution in [1.29, 1.82) is 0 Å². The summed E-state index contributed by atoms with van der Waals surface area (Å²) < 4.78 is 0. The molecule has 2 nitrogen and oxygen atoms in total. The Labute approximate surface area is 97.1 Å². The van der Waals surface area contributed by atoms with Gasteiger partial charge in [0.05, 0.1) is 6.04 Å². The van der Waals surface area contributed by atoms with Gasteiger partial charge in [-0.25, -0.2) is 0 Å². The summed E-state index contributed by atoms with van der Waals surface area (Å²) in [7, 11) is 2.15. The lowest BCUT2D eigenvalue weighted by Crippen LogP contribution is -2.40. The van der Waals surface area contributed by atoms with Crippen molar-refractivity contribution in [2.75, 3.05) is 7.05 Å². The molecule has 1 aromatic rings. The lowest BCUT2D eigenvalue weighted by atomic mass is 10.1. The first-order valence-corrected chi connectivity index (χ1v) is 6.29. The van der Waals surface area contributed by atoms with Gasteiger partial charge in [0.2, 0.25) is 0 Å². The Balaban J connectivity index is 2.93. The maximum Gasteiger partial charge on any atom is 0.0590 e. The molecule has 0 aliphatic carbocycles. The standard InChI is InChI=1S/C12H22N2S/c1-8(2)14(5)12(10(4)13)11-7-6-9(3)15-11/h6-8,10,12H,13H2,1-5H3. The van der Waals surface area contributed by atoms with Crippen molar-refractivity contribution in [3.8, 4) is 0 Å². The highest BCUT2D eigenvalue weighted by Gasteiger charge is 2.24. The molecule has 0 aliphatic rings. The van der Waals surface area contributed by atoms with Crippen LogP contribution in [0.1, 0.15) is 36.6 Å². The van der Waals surface area contributed by atoms with Crippen molar-refractivity contribution in [3.63, 3.8) is 0 Å². The maximum atomic E-state index is 6.08. The third kappa shape index (κ3) is 3.03. The molecule has 0 aromatic carbocycles. The number of likely N-dealkylation sites (N-methyl/N-ethyl adjacent to an activating group) is 1. The molecule has 0 saturated carbocycles. The van der Waals surface area contributed by atoms with Gasteiger partial charge in [0, 0.05) is 21.8 Å².